The highest BCUT2D eigenvalue weighted by Gasteiger charge is 2.25. The van der Waals surface area contributed by atoms with Crippen molar-refractivity contribution in [3.63, 3.8) is 0 Å². The zero-order valence-electron chi connectivity index (χ0n) is 13.1. The van der Waals surface area contributed by atoms with Gasteiger partial charge in [0.25, 0.3) is 0 Å². The second-order valence-electron chi connectivity index (χ2n) is 5.96. The van der Waals surface area contributed by atoms with Gasteiger partial charge in [-0.25, -0.2) is 0 Å². The number of fused-ring (bicyclic) bond motifs is 3. The number of allylic oxidation sites excluding steroid dienone is 5. The molecule has 4 rings (SSSR count). The van der Waals surface area contributed by atoms with Crippen molar-refractivity contribution in [3.8, 4) is 0 Å². The summed E-state index contributed by atoms with van der Waals surface area (Å²) in [4.78, 5) is 4.94. The third-order valence-corrected chi connectivity index (χ3v) is 4.48. The Balaban J connectivity index is 1.70. The third kappa shape index (κ3) is 2.59. The molecule has 0 N–H and O–H groups in total. The Hall–Kier alpha value is -2.67. The largest absolute Gasteiger partial charge is 0.277 e. The summed E-state index contributed by atoms with van der Waals surface area (Å²) in [5.41, 5.74) is 6.06. The first kappa shape index (κ1) is 14.0. The van der Waals surface area contributed by atoms with E-state index in [9.17, 15) is 0 Å². The van der Waals surface area contributed by atoms with Gasteiger partial charge in [0.2, 0.25) is 0 Å². The van der Waals surface area contributed by atoms with Crippen LogP contribution in [-0.2, 0) is 0 Å². The Morgan fingerprint density at radius 1 is 0.957 bits per heavy atom. The minimum Gasteiger partial charge on any atom is -0.277 e. The molecule has 2 atom stereocenters. The zero-order valence-corrected chi connectivity index (χ0v) is 13.1. The van der Waals surface area contributed by atoms with Crippen LogP contribution in [0, 0.1) is 6.08 Å². The van der Waals surface area contributed by atoms with Crippen molar-refractivity contribution in [1.29, 1.82) is 0 Å². The van der Waals surface area contributed by atoms with E-state index in [0.717, 1.165) is 5.71 Å². The van der Waals surface area contributed by atoms with Crippen molar-refractivity contribution in [1.82, 2.24) is 0 Å². The molecule has 0 fully saturated rings. The molecule has 111 valence electrons. The van der Waals surface area contributed by atoms with E-state index in [4.69, 9.17) is 4.99 Å². The predicted molar refractivity (Wildman–Crippen MR) is 96.4 cm³/mol. The molecule has 0 aromatic heterocycles. The molecule has 1 radical (unpaired) electrons. The first-order valence-electron chi connectivity index (χ1n) is 8.03. The van der Waals surface area contributed by atoms with E-state index in [1.807, 2.05) is 12.1 Å². The van der Waals surface area contributed by atoms with Crippen LogP contribution in [0.25, 0.3) is 6.08 Å². The molecule has 1 nitrogen and oxygen atoms in total. The van der Waals surface area contributed by atoms with Gasteiger partial charge in [0.15, 0.2) is 0 Å². The van der Waals surface area contributed by atoms with E-state index in [1.165, 1.54) is 22.3 Å². The van der Waals surface area contributed by atoms with Crippen LogP contribution in [0.4, 0.5) is 0 Å². The van der Waals surface area contributed by atoms with Gasteiger partial charge in [0.05, 0.1) is 11.8 Å². The zero-order chi connectivity index (χ0) is 15.6. The second-order valence-corrected chi connectivity index (χ2v) is 5.96. The molecule has 2 aromatic carbocycles. The molecule has 2 unspecified atom stereocenters. The molecule has 0 heterocycles. The van der Waals surface area contributed by atoms with E-state index in [1.54, 1.807) is 0 Å². The van der Waals surface area contributed by atoms with E-state index in [2.05, 4.69) is 79.8 Å². The van der Waals surface area contributed by atoms with Gasteiger partial charge >= 0.3 is 0 Å². The molecule has 2 aromatic rings. The number of hydrogen-bond acceptors (Lipinski definition) is 1. The van der Waals surface area contributed by atoms with Gasteiger partial charge in [-0.15, -0.1) is 0 Å². The topological polar surface area (TPSA) is 12.4 Å². The van der Waals surface area contributed by atoms with Crippen molar-refractivity contribution in [2.24, 2.45) is 4.99 Å². The van der Waals surface area contributed by atoms with Gasteiger partial charge in [0, 0.05) is 5.92 Å². The van der Waals surface area contributed by atoms with Crippen LogP contribution in [0.1, 0.15) is 35.6 Å². The molecule has 0 amide bonds. The van der Waals surface area contributed by atoms with Crippen LogP contribution in [-0.4, -0.2) is 5.71 Å². The lowest BCUT2D eigenvalue weighted by molar-refractivity contribution is 0.820. The summed E-state index contributed by atoms with van der Waals surface area (Å²) in [5.74, 6) is 0.267. The van der Waals surface area contributed by atoms with Crippen LogP contribution >= 0.6 is 0 Å². The van der Waals surface area contributed by atoms with Crippen LogP contribution in [0.5, 0.6) is 0 Å². The number of nitrogens with zero attached hydrogens (tertiary/aromatic N) is 1. The minimum absolute atomic E-state index is 0.145. The van der Waals surface area contributed by atoms with Gasteiger partial charge < -0.3 is 0 Å². The van der Waals surface area contributed by atoms with Crippen LogP contribution in [0.2, 0.25) is 0 Å². The Morgan fingerprint density at radius 3 is 2.61 bits per heavy atom. The number of rotatable bonds is 2. The van der Waals surface area contributed by atoms with E-state index < -0.39 is 0 Å². The number of hydrogen-bond donors (Lipinski definition) is 0. The fraction of sp³-hybridized carbons (Fsp3) is 0.136. The second kappa shape index (κ2) is 5.85. The quantitative estimate of drug-likeness (QED) is 0.713. The summed E-state index contributed by atoms with van der Waals surface area (Å²) < 4.78 is 0. The summed E-state index contributed by atoms with van der Waals surface area (Å²) >= 11 is 0. The SMILES string of the molecule is CC(N=C1C=CC2C1=[C]C=Cc1ccccc12)c1ccccc1. The summed E-state index contributed by atoms with van der Waals surface area (Å²) in [6.45, 7) is 2.14. The Labute approximate surface area is 137 Å². The first-order chi connectivity index (χ1) is 11.3. The molecule has 0 aliphatic heterocycles. The minimum atomic E-state index is 0.145. The van der Waals surface area contributed by atoms with Gasteiger partial charge in [0.1, 0.15) is 0 Å². The van der Waals surface area contributed by atoms with Crippen molar-refractivity contribution >= 4 is 11.8 Å². The highest BCUT2D eigenvalue weighted by Crippen LogP contribution is 2.37. The number of benzene rings is 2. The average molecular weight is 296 g/mol. The lowest BCUT2D eigenvalue weighted by atomic mass is 9.91. The smallest absolute Gasteiger partial charge is 0.0728 e. The highest BCUT2D eigenvalue weighted by molar-refractivity contribution is 6.12. The summed E-state index contributed by atoms with van der Waals surface area (Å²) in [7, 11) is 0. The van der Waals surface area contributed by atoms with E-state index >= 15 is 0 Å². The molecule has 0 saturated heterocycles. The Bertz CT molecular complexity index is 837. The molecule has 1 heteroatoms. The first-order valence-corrected chi connectivity index (χ1v) is 8.03. The summed E-state index contributed by atoms with van der Waals surface area (Å²) in [5, 5.41) is 0. The molecule has 0 spiro atoms. The van der Waals surface area contributed by atoms with Crippen LogP contribution in [0.15, 0.2) is 83.4 Å². The fourth-order valence-electron chi connectivity index (χ4n) is 3.25. The van der Waals surface area contributed by atoms with Crippen molar-refractivity contribution < 1.29 is 0 Å². The average Bonchev–Trinajstić information content (AvgIpc) is 2.89. The van der Waals surface area contributed by atoms with Crippen molar-refractivity contribution in [2.75, 3.05) is 0 Å². The maximum Gasteiger partial charge on any atom is 0.0728 e. The molecule has 2 aliphatic carbocycles. The molecule has 0 saturated carbocycles. The van der Waals surface area contributed by atoms with Gasteiger partial charge in [-0.05, 0) is 41.3 Å². The van der Waals surface area contributed by atoms with Crippen molar-refractivity contribution in [2.45, 2.75) is 18.9 Å². The van der Waals surface area contributed by atoms with Gasteiger partial charge in [-0.3, -0.25) is 4.99 Å². The molecule has 2 aliphatic rings. The molecule has 23 heavy (non-hydrogen) atoms. The van der Waals surface area contributed by atoms with Gasteiger partial charge in [-0.1, -0.05) is 72.8 Å². The normalized spacial score (nSPS) is 21.5. The highest BCUT2D eigenvalue weighted by atomic mass is 14.8. The standard InChI is InChI=1S/C22H18N/c1-16(17-8-3-2-4-9-17)23-22-15-14-20-19-12-6-5-10-18(19)11-7-13-21(20)22/h2-12,14-16,20H,1H3. The fourth-order valence-corrected chi connectivity index (χ4v) is 3.25. The maximum absolute atomic E-state index is 4.94. The lowest BCUT2D eigenvalue weighted by Gasteiger charge is -2.14. The van der Waals surface area contributed by atoms with Crippen LogP contribution in [0.3, 0.4) is 0 Å². The lowest BCUT2D eigenvalue weighted by Crippen LogP contribution is -2.04. The third-order valence-electron chi connectivity index (χ3n) is 4.48. The molecule has 0 bridgehead atoms. The summed E-state index contributed by atoms with van der Waals surface area (Å²) in [6.07, 6.45) is 12.0. The predicted octanol–water partition coefficient (Wildman–Crippen LogP) is 5.30. The van der Waals surface area contributed by atoms with E-state index in [-0.39, 0.29) is 12.0 Å². The maximum atomic E-state index is 4.94. The molecular weight excluding hydrogens is 278 g/mol. The summed E-state index contributed by atoms with van der Waals surface area (Å²) in [6, 6.07) is 19.1. The van der Waals surface area contributed by atoms with E-state index in [0.29, 0.717) is 0 Å². The van der Waals surface area contributed by atoms with Gasteiger partial charge in [-0.2, -0.15) is 0 Å². The van der Waals surface area contributed by atoms with Crippen molar-refractivity contribution in [3.05, 3.63) is 101 Å². The monoisotopic (exact) mass is 296 g/mol. The number of aliphatic imine (C=N–C) groups is 1. The van der Waals surface area contributed by atoms with Crippen LogP contribution < -0.4 is 0 Å². The Kier molecular flexibility index (Phi) is 3.55. The Morgan fingerprint density at radius 2 is 1.74 bits per heavy atom. The molecular formula is C22H18N.